The molecule has 0 saturated carbocycles. The highest BCUT2D eigenvalue weighted by Crippen LogP contribution is 2.18. The highest BCUT2D eigenvalue weighted by Gasteiger charge is 2.04. The number of hydrogen-bond acceptors (Lipinski definition) is 2. The van der Waals surface area contributed by atoms with Crippen molar-refractivity contribution in [2.24, 2.45) is 0 Å². The lowest BCUT2D eigenvalue weighted by Gasteiger charge is -2.06. The first-order valence-electron chi connectivity index (χ1n) is 4.83. The van der Waals surface area contributed by atoms with Gasteiger partial charge in [0.05, 0.1) is 6.20 Å². The maximum atomic E-state index is 13.4. The van der Waals surface area contributed by atoms with Gasteiger partial charge in [0, 0.05) is 10.6 Å². The Bertz CT molecular complexity index is 518. The lowest BCUT2D eigenvalue weighted by atomic mass is 10.2. The average Bonchev–Trinajstić information content (AvgIpc) is 2.30. The van der Waals surface area contributed by atoms with Crippen LogP contribution in [-0.2, 0) is 6.61 Å². The third-order valence-corrected chi connectivity index (χ3v) is 2.81. The van der Waals surface area contributed by atoms with Crippen LogP contribution < -0.4 is 4.74 Å². The van der Waals surface area contributed by atoms with E-state index in [2.05, 4.69) is 20.9 Å². The van der Waals surface area contributed by atoms with E-state index in [9.17, 15) is 4.39 Å². The first kappa shape index (κ1) is 12.3. The number of hydrogen-bond donors (Lipinski definition) is 0. The van der Waals surface area contributed by atoms with Crippen LogP contribution in [0.25, 0.3) is 0 Å². The van der Waals surface area contributed by atoms with Gasteiger partial charge in [0.2, 0.25) is 0 Å². The zero-order valence-electron chi connectivity index (χ0n) is 8.66. The molecule has 0 fully saturated rings. The van der Waals surface area contributed by atoms with Crippen LogP contribution in [0.1, 0.15) is 5.56 Å². The minimum Gasteiger partial charge on any atom is -0.487 e. The van der Waals surface area contributed by atoms with Crippen LogP contribution in [0.5, 0.6) is 5.75 Å². The average molecular weight is 317 g/mol. The van der Waals surface area contributed by atoms with E-state index in [0.29, 0.717) is 16.3 Å². The third-order valence-electron chi connectivity index (χ3n) is 2.11. The van der Waals surface area contributed by atoms with Crippen molar-refractivity contribution in [3.8, 4) is 5.75 Å². The number of ether oxygens (including phenoxy) is 1. The van der Waals surface area contributed by atoms with Crippen molar-refractivity contribution in [3.63, 3.8) is 0 Å². The molecule has 2 aromatic rings. The fraction of sp³-hybridized carbons (Fsp3) is 0.0833. The number of halogens is 3. The van der Waals surface area contributed by atoms with E-state index in [1.165, 1.54) is 6.07 Å². The largest absolute Gasteiger partial charge is 0.487 e. The highest BCUT2D eigenvalue weighted by atomic mass is 79.9. The summed E-state index contributed by atoms with van der Waals surface area (Å²) >= 11 is 8.88. The predicted octanol–water partition coefficient (Wildman–Crippen LogP) is 4.22. The number of pyridine rings is 1. The molecule has 0 saturated heterocycles. The molecule has 0 bridgehead atoms. The van der Waals surface area contributed by atoms with Gasteiger partial charge in [-0.2, -0.15) is 0 Å². The van der Waals surface area contributed by atoms with Gasteiger partial charge >= 0.3 is 0 Å². The van der Waals surface area contributed by atoms with Crippen LogP contribution in [-0.4, -0.2) is 4.98 Å². The number of rotatable bonds is 3. The molecule has 0 aliphatic rings. The molecule has 2 nitrogen and oxygen atoms in total. The van der Waals surface area contributed by atoms with Crippen LogP contribution in [0.15, 0.2) is 41.1 Å². The van der Waals surface area contributed by atoms with E-state index in [0.717, 1.165) is 4.60 Å². The van der Waals surface area contributed by atoms with Crippen molar-refractivity contribution >= 4 is 27.5 Å². The molecule has 17 heavy (non-hydrogen) atoms. The zero-order valence-corrected chi connectivity index (χ0v) is 11.0. The molecule has 0 aliphatic heterocycles. The minimum atomic E-state index is -0.373. The number of nitrogens with zero attached hydrogens (tertiary/aromatic N) is 1. The second kappa shape index (κ2) is 5.47. The van der Waals surface area contributed by atoms with E-state index in [1.54, 1.807) is 30.5 Å². The Balaban J connectivity index is 2.04. The first-order chi connectivity index (χ1) is 8.15. The molecule has 0 radical (unpaired) electrons. The summed E-state index contributed by atoms with van der Waals surface area (Å²) in [6, 6.07) is 8.01. The number of aromatic nitrogens is 1. The molecule has 0 amide bonds. The third kappa shape index (κ3) is 3.41. The van der Waals surface area contributed by atoms with Crippen LogP contribution in [0.3, 0.4) is 0 Å². The monoisotopic (exact) mass is 315 g/mol. The van der Waals surface area contributed by atoms with E-state index in [4.69, 9.17) is 16.3 Å². The maximum Gasteiger partial charge on any atom is 0.138 e. The van der Waals surface area contributed by atoms with Gasteiger partial charge in [0.25, 0.3) is 0 Å². The van der Waals surface area contributed by atoms with Crippen LogP contribution >= 0.6 is 27.5 Å². The van der Waals surface area contributed by atoms with Crippen molar-refractivity contribution in [1.29, 1.82) is 0 Å². The smallest absolute Gasteiger partial charge is 0.138 e. The molecule has 88 valence electrons. The molecule has 0 aliphatic carbocycles. The normalized spacial score (nSPS) is 10.3. The second-order valence-electron chi connectivity index (χ2n) is 3.34. The molecule has 0 atom stereocenters. The SMILES string of the molecule is Fc1cc(Cl)ccc1COc1ccc(Br)nc1. The summed E-state index contributed by atoms with van der Waals surface area (Å²) in [5.74, 6) is 0.213. The van der Waals surface area contributed by atoms with E-state index < -0.39 is 0 Å². The topological polar surface area (TPSA) is 22.1 Å². The van der Waals surface area contributed by atoms with E-state index in [1.807, 2.05) is 0 Å². The Kier molecular flexibility index (Phi) is 3.97. The summed E-state index contributed by atoms with van der Waals surface area (Å²) in [6.07, 6.45) is 1.57. The van der Waals surface area contributed by atoms with Crippen molar-refractivity contribution < 1.29 is 9.13 Å². The molecule has 5 heteroatoms. The van der Waals surface area contributed by atoms with Crippen molar-refractivity contribution in [2.45, 2.75) is 6.61 Å². The fourth-order valence-corrected chi connectivity index (χ4v) is 1.64. The Morgan fingerprint density at radius 2 is 2.12 bits per heavy atom. The second-order valence-corrected chi connectivity index (χ2v) is 4.59. The van der Waals surface area contributed by atoms with Crippen LogP contribution in [0.2, 0.25) is 5.02 Å². The molecular formula is C12H8BrClFNO. The molecule has 1 aromatic carbocycles. The highest BCUT2D eigenvalue weighted by molar-refractivity contribution is 9.10. The van der Waals surface area contributed by atoms with Gasteiger partial charge in [-0.25, -0.2) is 9.37 Å². The Morgan fingerprint density at radius 3 is 2.76 bits per heavy atom. The summed E-state index contributed by atoms with van der Waals surface area (Å²) in [4.78, 5) is 4.00. The maximum absolute atomic E-state index is 13.4. The molecular weight excluding hydrogens is 308 g/mol. The zero-order chi connectivity index (χ0) is 12.3. The number of benzene rings is 1. The summed E-state index contributed by atoms with van der Waals surface area (Å²) in [7, 11) is 0. The van der Waals surface area contributed by atoms with E-state index in [-0.39, 0.29) is 12.4 Å². The first-order valence-corrected chi connectivity index (χ1v) is 6.00. The lowest BCUT2D eigenvalue weighted by Crippen LogP contribution is -1.98. The van der Waals surface area contributed by atoms with Gasteiger partial charge in [-0.05, 0) is 40.2 Å². The quantitative estimate of drug-likeness (QED) is 0.791. The van der Waals surface area contributed by atoms with Gasteiger partial charge in [0.15, 0.2) is 0 Å². The summed E-state index contributed by atoms with van der Waals surface area (Å²) in [6.45, 7) is 0.145. The Labute approximate surface area is 112 Å². The molecule has 1 heterocycles. The molecule has 0 unspecified atom stereocenters. The molecule has 0 N–H and O–H groups in total. The van der Waals surface area contributed by atoms with Gasteiger partial charge in [-0.1, -0.05) is 17.7 Å². The van der Waals surface area contributed by atoms with Crippen molar-refractivity contribution in [2.75, 3.05) is 0 Å². The van der Waals surface area contributed by atoms with Gasteiger partial charge in [-0.3, -0.25) is 0 Å². The molecule has 1 aromatic heterocycles. The Hall–Kier alpha value is -1.13. The van der Waals surface area contributed by atoms with Gasteiger partial charge in [-0.15, -0.1) is 0 Å². The van der Waals surface area contributed by atoms with Crippen LogP contribution in [0, 0.1) is 5.82 Å². The van der Waals surface area contributed by atoms with Gasteiger partial charge in [0.1, 0.15) is 22.8 Å². The van der Waals surface area contributed by atoms with E-state index >= 15 is 0 Å². The fourth-order valence-electron chi connectivity index (χ4n) is 1.25. The summed E-state index contributed by atoms with van der Waals surface area (Å²) in [5, 5.41) is 0.372. The van der Waals surface area contributed by atoms with Crippen LogP contribution in [0.4, 0.5) is 4.39 Å². The molecule has 0 spiro atoms. The minimum absolute atomic E-state index is 0.145. The lowest BCUT2D eigenvalue weighted by molar-refractivity contribution is 0.298. The van der Waals surface area contributed by atoms with Crippen molar-refractivity contribution in [1.82, 2.24) is 4.98 Å². The molecule has 2 rings (SSSR count). The summed E-state index contributed by atoms with van der Waals surface area (Å²) in [5.41, 5.74) is 0.456. The Morgan fingerprint density at radius 1 is 1.29 bits per heavy atom. The standard InChI is InChI=1S/C12H8BrClFNO/c13-12-4-3-10(6-16-12)17-7-8-1-2-9(14)5-11(8)15/h1-6H,7H2. The van der Waals surface area contributed by atoms with Crippen molar-refractivity contribution in [3.05, 3.63) is 57.5 Å². The predicted molar refractivity (Wildman–Crippen MR) is 67.7 cm³/mol. The van der Waals surface area contributed by atoms with Gasteiger partial charge < -0.3 is 4.74 Å². The summed E-state index contributed by atoms with van der Waals surface area (Å²) < 4.78 is 19.6.